The first-order valence-corrected chi connectivity index (χ1v) is 5.74. The van der Waals surface area contributed by atoms with E-state index in [9.17, 15) is 0 Å². The van der Waals surface area contributed by atoms with Gasteiger partial charge in [-0.1, -0.05) is 6.07 Å². The molecule has 1 atom stereocenters. The zero-order valence-corrected chi connectivity index (χ0v) is 10.8. The number of rotatable bonds is 5. The monoisotopic (exact) mass is 260 g/mol. The van der Waals surface area contributed by atoms with Gasteiger partial charge in [0.05, 0.1) is 31.5 Å². The summed E-state index contributed by atoms with van der Waals surface area (Å²) in [7, 11) is 3.21. The zero-order valence-electron chi connectivity index (χ0n) is 10.8. The molecule has 2 rings (SSSR count). The Bertz CT molecular complexity index is 511. The van der Waals surface area contributed by atoms with Gasteiger partial charge in [0, 0.05) is 6.20 Å². The van der Waals surface area contributed by atoms with Crippen molar-refractivity contribution in [2.75, 3.05) is 14.2 Å². The average molecular weight is 260 g/mol. The average Bonchev–Trinajstić information content (AvgIpc) is 2.49. The molecule has 0 amide bonds. The first-order chi connectivity index (χ1) is 9.31. The molecule has 0 spiro atoms. The van der Waals surface area contributed by atoms with Gasteiger partial charge in [-0.15, -0.1) is 0 Å². The maximum atomic E-state index is 5.66. The predicted octanol–water partition coefficient (Wildman–Crippen LogP) is 1.05. The minimum absolute atomic E-state index is 0.339. The zero-order chi connectivity index (χ0) is 13.7. The topological polar surface area (TPSA) is 82.3 Å². The lowest BCUT2D eigenvalue weighted by atomic mass is 10.0. The first-order valence-electron chi connectivity index (χ1n) is 5.74. The Balaban J connectivity index is 2.54. The molecule has 6 heteroatoms. The van der Waals surface area contributed by atoms with Crippen LogP contribution in [0.2, 0.25) is 0 Å². The van der Waals surface area contributed by atoms with Gasteiger partial charge < -0.3 is 9.47 Å². The summed E-state index contributed by atoms with van der Waals surface area (Å²) in [6, 6.07) is 7.01. The molecule has 0 saturated carbocycles. The fourth-order valence-electron chi connectivity index (χ4n) is 1.95. The summed E-state index contributed by atoms with van der Waals surface area (Å²) in [6.07, 6.45) is 3.14. The number of nitrogens with zero attached hydrogens (tertiary/aromatic N) is 2. The van der Waals surface area contributed by atoms with Crippen molar-refractivity contribution in [2.45, 2.75) is 6.04 Å². The van der Waals surface area contributed by atoms with Crippen molar-refractivity contribution in [3.63, 3.8) is 0 Å². The molecular weight excluding hydrogens is 244 g/mol. The smallest absolute Gasteiger partial charge is 0.127 e. The van der Waals surface area contributed by atoms with Crippen LogP contribution in [-0.2, 0) is 0 Å². The second-order valence-electron chi connectivity index (χ2n) is 3.81. The van der Waals surface area contributed by atoms with E-state index in [-0.39, 0.29) is 6.04 Å². The lowest BCUT2D eigenvalue weighted by Crippen LogP contribution is -2.30. The second-order valence-corrected chi connectivity index (χ2v) is 3.81. The molecule has 19 heavy (non-hydrogen) atoms. The highest BCUT2D eigenvalue weighted by Crippen LogP contribution is 2.36. The van der Waals surface area contributed by atoms with Crippen LogP contribution in [0.4, 0.5) is 0 Å². The van der Waals surface area contributed by atoms with Crippen LogP contribution in [-0.4, -0.2) is 24.2 Å². The van der Waals surface area contributed by atoms with Crippen molar-refractivity contribution in [2.24, 2.45) is 5.84 Å². The predicted molar refractivity (Wildman–Crippen MR) is 70.7 cm³/mol. The van der Waals surface area contributed by atoms with Crippen molar-refractivity contribution >= 4 is 0 Å². The Morgan fingerprint density at radius 1 is 1.16 bits per heavy atom. The van der Waals surface area contributed by atoms with E-state index in [1.807, 2.05) is 18.2 Å². The van der Waals surface area contributed by atoms with Gasteiger partial charge in [0.25, 0.3) is 0 Å². The Labute approximate surface area is 111 Å². The lowest BCUT2D eigenvalue weighted by Gasteiger charge is -2.20. The Morgan fingerprint density at radius 2 is 1.84 bits per heavy atom. The molecule has 1 heterocycles. The summed E-state index contributed by atoms with van der Waals surface area (Å²) in [4.78, 5) is 8.11. The number of benzene rings is 1. The fraction of sp³-hybridized carbons (Fsp3) is 0.231. The van der Waals surface area contributed by atoms with Gasteiger partial charge in [0.2, 0.25) is 0 Å². The van der Waals surface area contributed by atoms with Crippen LogP contribution in [0.1, 0.15) is 17.3 Å². The largest absolute Gasteiger partial charge is 0.496 e. The van der Waals surface area contributed by atoms with E-state index in [1.165, 1.54) is 6.33 Å². The summed E-state index contributed by atoms with van der Waals surface area (Å²) in [5, 5.41) is 0. The Morgan fingerprint density at radius 3 is 2.32 bits per heavy atom. The third-order valence-electron chi connectivity index (χ3n) is 2.82. The molecule has 0 radical (unpaired) electrons. The van der Waals surface area contributed by atoms with Gasteiger partial charge >= 0.3 is 0 Å². The molecule has 2 aromatic rings. The van der Waals surface area contributed by atoms with E-state index >= 15 is 0 Å². The van der Waals surface area contributed by atoms with Crippen LogP contribution in [0.5, 0.6) is 11.5 Å². The molecule has 0 bridgehead atoms. The van der Waals surface area contributed by atoms with Crippen molar-refractivity contribution in [1.82, 2.24) is 15.4 Å². The van der Waals surface area contributed by atoms with E-state index in [4.69, 9.17) is 15.3 Å². The van der Waals surface area contributed by atoms with E-state index < -0.39 is 0 Å². The standard InChI is InChI=1S/C13H16N4O2/c1-18-10-4-3-5-11(19-2)12(10)13(17-14)9-6-7-15-8-16-9/h3-8,13,17H,14H2,1-2H3. The molecule has 6 nitrogen and oxygen atoms in total. The Kier molecular flexibility index (Phi) is 4.27. The molecule has 0 aliphatic carbocycles. The highest BCUT2D eigenvalue weighted by Gasteiger charge is 2.22. The number of nitrogens with one attached hydrogen (secondary N) is 1. The van der Waals surface area contributed by atoms with Gasteiger partial charge in [-0.05, 0) is 18.2 Å². The number of hydrogen-bond acceptors (Lipinski definition) is 6. The highest BCUT2D eigenvalue weighted by atomic mass is 16.5. The number of aromatic nitrogens is 2. The van der Waals surface area contributed by atoms with E-state index in [0.717, 1.165) is 11.3 Å². The van der Waals surface area contributed by atoms with Crippen LogP contribution >= 0.6 is 0 Å². The molecule has 1 aromatic carbocycles. The number of methoxy groups -OCH3 is 2. The lowest BCUT2D eigenvalue weighted by molar-refractivity contribution is 0.376. The van der Waals surface area contributed by atoms with Gasteiger partial charge in [-0.2, -0.15) is 0 Å². The number of ether oxygens (including phenoxy) is 2. The number of nitrogens with two attached hydrogens (primary N) is 1. The number of hydrazine groups is 1. The number of hydrogen-bond donors (Lipinski definition) is 2. The third kappa shape index (κ3) is 2.64. The van der Waals surface area contributed by atoms with Gasteiger partial charge in [-0.3, -0.25) is 5.84 Å². The molecule has 1 aromatic heterocycles. The van der Waals surface area contributed by atoms with Crippen LogP contribution in [0.25, 0.3) is 0 Å². The quantitative estimate of drug-likeness (QED) is 0.617. The fourth-order valence-corrected chi connectivity index (χ4v) is 1.95. The van der Waals surface area contributed by atoms with Gasteiger partial charge in [-0.25, -0.2) is 15.4 Å². The van der Waals surface area contributed by atoms with E-state index in [0.29, 0.717) is 11.5 Å². The molecular formula is C13H16N4O2. The summed E-state index contributed by atoms with van der Waals surface area (Å²) in [5.41, 5.74) is 4.27. The molecule has 1 unspecified atom stereocenters. The van der Waals surface area contributed by atoms with E-state index in [2.05, 4.69) is 15.4 Å². The second kappa shape index (κ2) is 6.12. The van der Waals surface area contributed by atoms with Crippen molar-refractivity contribution < 1.29 is 9.47 Å². The Hall–Kier alpha value is -2.18. The van der Waals surface area contributed by atoms with Crippen LogP contribution in [0.15, 0.2) is 36.8 Å². The van der Waals surface area contributed by atoms with Crippen molar-refractivity contribution in [1.29, 1.82) is 0 Å². The van der Waals surface area contributed by atoms with Crippen LogP contribution in [0, 0.1) is 0 Å². The maximum absolute atomic E-state index is 5.66. The summed E-state index contributed by atoms with van der Waals surface area (Å²) >= 11 is 0. The maximum Gasteiger partial charge on any atom is 0.127 e. The summed E-state index contributed by atoms with van der Waals surface area (Å²) < 4.78 is 10.7. The van der Waals surface area contributed by atoms with Crippen LogP contribution < -0.4 is 20.7 Å². The SMILES string of the molecule is COc1cccc(OC)c1C(NN)c1ccncn1. The molecule has 0 saturated heterocycles. The van der Waals surface area contributed by atoms with Gasteiger partial charge in [0.15, 0.2) is 0 Å². The van der Waals surface area contributed by atoms with E-state index in [1.54, 1.807) is 26.5 Å². The van der Waals surface area contributed by atoms with Crippen molar-refractivity contribution in [3.05, 3.63) is 48.0 Å². The molecule has 3 N–H and O–H groups in total. The highest BCUT2D eigenvalue weighted by molar-refractivity contribution is 5.49. The molecule has 100 valence electrons. The third-order valence-corrected chi connectivity index (χ3v) is 2.82. The molecule has 0 fully saturated rings. The molecule has 0 aliphatic rings. The first kappa shape index (κ1) is 13.3. The van der Waals surface area contributed by atoms with Crippen LogP contribution in [0.3, 0.4) is 0 Å². The normalized spacial score (nSPS) is 11.9. The summed E-state index contributed by atoms with van der Waals surface area (Å²) in [5.74, 6) is 7.03. The minimum Gasteiger partial charge on any atom is -0.496 e. The van der Waals surface area contributed by atoms with Gasteiger partial charge in [0.1, 0.15) is 17.8 Å². The summed E-state index contributed by atoms with van der Waals surface area (Å²) in [6.45, 7) is 0. The minimum atomic E-state index is -0.339. The van der Waals surface area contributed by atoms with Crippen molar-refractivity contribution in [3.8, 4) is 11.5 Å². The molecule has 0 aliphatic heterocycles.